The summed E-state index contributed by atoms with van der Waals surface area (Å²) in [6.45, 7) is 0.894. The van der Waals surface area contributed by atoms with Gasteiger partial charge >= 0.3 is 11.3 Å². The molecule has 2 aliphatic rings. The molecule has 45 heavy (non-hydrogen) atoms. The Morgan fingerprint density at radius 1 is 0.711 bits per heavy atom. The second-order valence-electron chi connectivity index (χ2n) is 10.8. The first kappa shape index (κ1) is 31.2. The first-order valence-electron chi connectivity index (χ1n) is 13.7. The Morgan fingerprint density at radius 2 is 1.27 bits per heavy atom. The summed E-state index contributed by atoms with van der Waals surface area (Å²) >= 11 is 0. The third-order valence-electron chi connectivity index (χ3n) is 8.05. The van der Waals surface area contributed by atoms with Crippen molar-refractivity contribution in [2.24, 2.45) is 0 Å². The van der Waals surface area contributed by atoms with Gasteiger partial charge in [-0.1, -0.05) is 0 Å². The van der Waals surface area contributed by atoms with Crippen molar-refractivity contribution >= 4 is 32.7 Å². The highest BCUT2D eigenvalue weighted by atomic mass is 16.7. The largest absolute Gasteiger partial charge is 0.504 e. The van der Waals surface area contributed by atoms with Gasteiger partial charge in [0.1, 0.15) is 42.7 Å². The van der Waals surface area contributed by atoms with Crippen LogP contribution in [0.25, 0.3) is 32.7 Å². The van der Waals surface area contributed by atoms with Crippen LogP contribution in [0.5, 0.6) is 23.0 Å². The normalized spacial score (nSPS) is 32.4. The van der Waals surface area contributed by atoms with Crippen LogP contribution in [0, 0.1) is 0 Å². The lowest BCUT2D eigenvalue weighted by molar-refractivity contribution is -0.318. The molecule has 0 aliphatic carbocycles. The van der Waals surface area contributed by atoms with Crippen LogP contribution in [-0.4, -0.2) is 118 Å². The number of rotatable bonds is 7. The molecule has 244 valence electrons. The van der Waals surface area contributed by atoms with E-state index in [4.69, 9.17) is 37.3 Å². The first-order chi connectivity index (χ1) is 21.4. The van der Waals surface area contributed by atoms with E-state index in [9.17, 15) is 45.3 Å². The molecule has 4 aromatic rings. The summed E-state index contributed by atoms with van der Waals surface area (Å²) in [5.74, 6) is -1.17. The van der Waals surface area contributed by atoms with Gasteiger partial charge < -0.3 is 73.0 Å². The van der Waals surface area contributed by atoms with E-state index in [2.05, 4.69) is 0 Å². The topological polar surface area (TPSA) is 257 Å². The number of hydrogen-bond donors (Lipinski definition) is 7. The Kier molecular flexibility index (Phi) is 8.00. The number of phenols is 1. The third-order valence-corrected chi connectivity index (χ3v) is 8.05. The van der Waals surface area contributed by atoms with Gasteiger partial charge in [-0.25, -0.2) is 9.59 Å². The predicted molar refractivity (Wildman–Crippen MR) is 148 cm³/mol. The van der Waals surface area contributed by atoms with Crippen LogP contribution in [0.3, 0.4) is 0 Å². The van der Waals surface area contributed by atoms with E-state index in [-0.39, 0.29) is 50.0 Å². The quantitative estimate of drug-likeness (QED) is 0.0874. The lowest BCUT2D eigenvalue weighted by Crippen LogP contribution is -2.61. The van der Waals surface area contributed by atoms with Crippen molar-refractivity contribution in [1.29, 1.82) is 0 Å². The average Bonchev–Trinajstić information content (AvgIpc) is 3.01. The summed E-state index contributed by atoms with van der Waals surface area (Å²) in [7, 11) is 2.45. The van der Waals surface area contributed by atoms with Gasteiger partial charge in [0.2, 0.25) is 17.8 Å². The molecule has 17 heteroatoms. The average molecular weight is 639 g/mol. The zero-order valence-corrected chi connectivity index (χ0v) is 23.8. The fraction of sp³-hybridized carbons (Fsp3) is 0.500. The zero-order valence-electron chi connectivity index (χ0n) is 23.8. The maximum Gasteiger partial charge on any atom is 0.344 e. The van der Waals surface area contributed by atoms with E-state index in [1.165, 1.54) is 27.2 Å². The van der Waals surface area contributed by atoms with Crippen LogP contribution in [-0.2, 0) is 14.2 Å². The molecule has 4 heterocycles. The summed E-state index contributed by atoms with van der Waals surface area (Å²) in [4.78, 5) is 26.1. The Balaban J connectivity index is 1.36. The third kappa shape index (κ3) is 4.93. The minimum Gasteiger partial charge on any atom is -0.504 e. The summed E-state index contributed by atoms with van der Waals surface area (Å²) in [6.07, 6.45) is -15.6. The van der Waals surface area contributed by atoms with Crippen LogP contribution in [0.4, 0.5) is 0 Å². The van der Waals surface area contributed by atoms with E-state index < -0.39 is 85.0 Å². The standard InChI is InChI=1S/C28H30O17/c1-7-15(30)17(32)19(34)27(41-7)40-6-12-16(31)18(33)20(35)28(43-12)42-11-5-9-14-13-8(25(36)45-24(14)22(11)39-3)4-10(29)21(38-2)23(13)44-26(9)37/h4-5,7,12,15-20,27-35H,6H2,1-3H3/t7-,12+,15-,16+,17+,18-,19+,20+,27+,28+/m0/s1. The molecule has 0 saturated carbocycles. The van der Waals surface area contributed by atoms with E-state index >= 15 is 0 Å². The molecule has 2 fully saturated rings. The number of aliphatic hydroxyl groups is 6. The summed E-state index contributed by atoms with van der Waals surface area (Å²) in [5, 5.41) is 72.3. The van der Waals surface area contributed by atoms with Crippen LogP contribution < -0.4 is 25.5 Å². The van der Waals surface area contributed by atoms with Gasteiger partial charge in [0.15, 0.2) is 29.0 Å². The molecule has 0 radical (unpaired) electrons. The smallest absolute Gasteiger partial charge is 0.344 e. The molecule has 10 atom stereocenters. The highest BCUT2D eigenvalue weighted by molar-refractivity contribution is 6.22. The maximum atomic E-state index is 13.1. The van der Waals surface area contributed by atoms with E-state index in [0.717, 1.165) is 6.07 Å². The van der Waals surface area contributed by atoms with E-state index in [1.54, 1.807) is 0 Å². The Morgan fingerprint density at radius 3 is 1.89 bits per heavy atom. The minimum atomic E-state index is -1.86. The monoisotopic (exact) mass is 638 g/mol. The summed E-state index contributed by atoms with van der Waals surface area (Å²) in [6, 6.07) is 2.27. The second kappa shape index (κ2) is 11.5. The van der Waals surface area contributed by atoms with Crippen molar-refractivity contribution in [2.45, 2.75) is 68.3 Å². The van der Waals surface area contributed by atoms with Gasteiger partial charge in [-0.2, -0.15) is 0 Å². The van der Waals surface area contributed by atoms with Crippen molar-refractivity contribution in [1.82, 2.24) is 0 Å². The van der Waals surface area contributed by atoms with Gasteiger partial charge in [0, 0.05) is 10.8 Å². The number of phenolic OH excluding ortho intramolecular Hbond substituents is 1. The number of methoxy groups -OCH3 is 2. The summed E-state index contributed by atoms with van der Waals surface area (Å²) in [5.41, 5.74) is -2.34. The van der Waals surface area contributed by atoms with E-state index in [0.29, 0.717) is 0 Å². The molecule has 0 amide bonds. The second-order valence-corrected chi connectivity index (χ2v) is 10.8. The highest BCUT2D eigenvalue weighted by Crippen LogP contribution is 2.46. The Hall–Kier alpha value is -3.78. The maximum absolute atomic E-state index is 13.1. The minimum absolute atomic E-state index is 0.0813. The summed E-state index contributed by atoms with van der Waals surface area (Å²) < 4.78 is 43.9. The number of ether oxygens (including phenoxy) is 6. The van der Waals surface area contributed by atoms with Crippen LogP contribution in [0.2, 0.25) is 0 Å². The molecule has 2 aromatic carbocycles. The molecular formula is C28H30O17. The molecule has 6 rings (SSSR count). The van der Waals surface area contributed by atoms with Gasteiger partial charge in [-0.05, 0) is 19.1 Å². The Labute approximate surface area is 251 Å². The van der Waals surface area contributed by atoms with Gasteiger partial charge in [0.25, 0.3) is 0 Å². The van der Waals surface area contributed by atoms with Gasteiger partial charge in [-0.3, -0.25) is 0 Å². The van der Waals surface area contributed by atoms with Crippen molar-refractivity contribution < 1.29 is 73.0 Å². The first-order valence-corrected chi connectivity index (χ1v) is 13.7. The number of aliphatic hydroxyl groups excluding tert-OH is 6. The molecule has 2 saturated heterocycles. The van der Waals surface area contributed by atoms with Crippen LogP contribution in [0.15, 0.2) is 30.6 Å². The highest BCUT2D eigenvalue weighted by Gasteiger charge is 2.47. The number of aromatic hydroxyl groups is 1. The fourth-order valence-electron chi connectivity index (χ4n) is 5.65. The van der Waals surface area contributed by atoms with Gasteiger partial charge in [0.05, 0.1) is 37.7 Å². The molecule has 7 N–H and O–H groups in total. The Bertz CT molecular complexity index is 1830. The van der Waals surface area contributed by atoms with Crippen molar-refractivity contribution in [3.63, 3.8) is 0 Å². The molecule has 0 bridgehead atoms. The molecule has 2 aromatic heterocycles. The van der Waals surface area contributed by atoms with Crippen LogP contribution >= 0.6 is 0 Å². The van der Waals surface area contributed by atoms with Crippen molar-refractivity contribution in [3.8, 4) is 23.0 Å². The molecule has 17 nitrogen and oxygen atoms in total. The lowest BCUT2D eigenvalue weighted by atomic mass is 9.98. The predicted octanol–water partition coefficient (Wildman–Crippen LogP) is -1.76. The zero-order chi connectivity index (χ0) is 32.5. The van der Waals surface area contributed by atoms with Crippen molar-refractivity contribution in [2.75, 3.05) is 20.8 Å². The van der Waals surface area contributed by atoms with Gasteiger partial charge in [-0.15, -0.1) is 0 Å². The number of benzene rings is 2. The van der Waals surface area contributed by atoms with Crippen LogP contribution in [0.1, 0.15) is 6.92 Å². The number of hydrogen-bond acceptors (Lipinski definition) is 17. The molecular weight excluding hydrogens is 608 g/mol. The molecule has 2 aliphatic heterocycles. The molecule has 0 spiro atoms. The fourth-order valence-corrected chi connectivity index (χ4v) is 5.65. The van der Waals surface area contributed by atoms with Crippen molar-refractivity contribution in [3.05, 3.63) is 33.0 Å². The molecule has 0 unspecified atom stereocenters. The lowest BCUT2D eigenvalue weighted by Gasteiger charge is -2.42. The van der Waals surface area contributed by atoms with E-state index in [1.807, 2.05) is 0 Å². The SMILES string of the molecule is COc1c(O)cc2c(=O)oc3c(OC)c(O[C@@H]4O[C@H](CO[C@@H]5O[C@@H](C)[C@H](O)[C@@H](O)[C@H]5O)[C@@H](O)[C@H](O)[C@H]4O)cc4c(=O)oc1c2c34.